The van der Waals surface area contributed by atoms with Crippen molar-refractivity contribution in [2.75, 3.05) is 31.7 Å². The maximum atomic E-state index is 11.7. The Morgan fingerprint density at radius 1 is 1.57 bits per heavy atom. The zero-order valence-corrected chi connectivity index (χ0v) is 13.0. The Morgan fingerprint density at radius 3 is 3.04 bits per heavy atom. The second-order valence-electron chi connectivity index (χ2n) is 5.71. The van der Waals surface area contributed by atoms with Crippen LogP contribution in [0.5, 0.6) is 0 Å². The van der Waals surface area contributed by atoms with E-state index in [-0.39, 0.29) is 6.61 Å². The molecule has 8 nitrogen and oxygen atoms in total. The van der Waals surface area contributed by atoms with E-state index in [2.05, 4.69) is 15.1 Å². The number of hydrogen-bond acceptors (Lipinski definition) is 7. The minimum Gasteiger partial charge on any atom is -0.481 e. The summed E-state index contributed by atoms with van der Waals surface area (Å²) in [6, 6.07) is 3.63. The topological polar surface area (TPSA) is 102 Å². The van der Waals surface area contributed by atoms with Crippen molar-refractivity contribution in [1.82, 2.24) is 15.1 Å². The first-order valence-corrected chi connectivity index (χ1v) is 7.29. The number of carboxylic acids is 1. The van der Waals surface area contributed by atoms with Gasteiger partial charge in [0.05, 0.1) is 12.2 Å². The lowest BCUT2D eigenvalue weighted by Gasteiger charge is -2.24. The largest absolute Gasteiger partial charge is 0.481 e. The molecular formula is C15H18N4O4. The first kappa shape index (κ1) is 15.4. The lowest BCUT2D eigenvalue weighted by Crippen LogP contribution is -2.38. The van der Waals surface area contributed by atoms with Crippen LogP contribution in [-0.4, -0.2) is 53.0 Å². The Morgan fingerprint density at radius 2 is 2.39 bits per heavy atom. The van der Waals surface area contributed by atoms with Gasteiger partial charge in [0, 0.05) is 26.4 Å². The molecule has 1 saturated heterocycles. The summed E-state index contributed by atoms with van der Waals surface area (Å²) in [6.07, 6.45) is 2.16. The van der Waals surface area contributed by atoms with Gasteiger partial charge in [-0.1, -0.05) is 5.16 Å². The molecule has 3 heterocycles. The van der Waals surface area contributed by atoms with E-state index in [4.69, 9.17) is 9.26 Å². The predicted molar refractivity (Wildman–Crippen MR) is 81.0 cm³/mol. The molecule has 0 saturated carbocycles. The summed E-state index contributed by atoms with van der Waals surface area (Å²) in [5, 5.41) is 13.4. The summed E-state index contributed by atoms with van der Waals surface area (Å²) >= 11 is 0. The molecule has 1 aliphatic rings. The van der Waals surface area contributed by atoms with Gasteiger partial charge in [-0.3, -0.25) is 4.79 Å². The number of methoxy groups -OCH3 is 1. The Labute approximate surface area is 133 Å². The van der Waals surface area contributed by atoms with E-state index in [0.717, 1.165) is 0 Å². The monoisotopic (exact) mass is 318 g/mol. The van der Waals surface area contributed by atoms with Gasteiger partial charge < -0.3 is 19.3 Å². The van der Waals surface area contributed by atoms with E-state index >= 15 is 0 Å². The standard InChI is InChI=1S/C15H18N4O4/c1-10-17-13(23-18-10)11-4-3-6-16-12(11)19-7-5-15(8-19,9-22-2)14(20)21/h3-4,6H,5,7-9H2,1-2H3,(H,20,21). The molecular weight excluding hydrogens is 300 g/mol. The molecule has 0 bridgehead atoms. The van der Waals surface area contributed by atoms with Gasteiger partial charge in [0.1, 0.15) is 11.2 Å². The van der Waals surface area contributed by atoms with Crippen LogP contribution in [0.2, 0.25) is 0 Å². The molecule has 2 aromatic heterocycles. The lowest BCUT2D eigenvalue weighted by molar-refractivity contribution is -0.150. The van der Waals surface area contributed by atoms with Gasteiger partial charge in [0.25, 0.3) is 5.89 Å². The van der Waals surface area contributed by atoms with E-state index in [9.17, 15) is 9.90 Å². The zero-order valence-electron chi connectivity index (χ0n) is 13.0. The average Bonchev–Trinajstić information content (AvgIpc) is 3.15. The number of anilines is 1. The molecule has 1 aliphatic heterocycles. The predicted octanol–water partition coefficient (Wildman–Crippen LogP) is 1.37. The molecule has 1 unspecified atom stereocenters. The zero-order chi connectivity index (χ0) is 16.4. The molecule has 1 atom stereocenters. The van der Waals surface area contributed by atoms with Crippen LogP contribution < -0.4 is 4.90 Å². The number of ether oxygens (including phenoxy) is 1. The SMILES string of the molecule is COCC1(C(=O)O)CCN(c2ncccc2-c2nc(C)no2)C1. The molecule has 23 heavy (non-hydrogen) atoms. The van der Waals surface area contributed by atoms with Crippen LogP contribution in [0.25, 0.3) is 11.5 Å². The van der Waals surface area contributed by atoms with E-state index in [1.54, 1.807) is 19.2 Å². The molecule has 122 valence electrons. The molecule has 1 N–H and O–H groups in total. The van der Waals surface area contributed by atoms with Crippen molar-refractivity contribution in [2.24, 2.45) is 5.41 Å². The molecule has 0 aromatic carbocycles. The number of aromatic nitrogens is 3. The molecule has 1 fully saturated rings. The number of carboxylic acid groups (broad SMARTS) is 1. The maximum Gasteiger partial charge on any atom is 0.313 e. The van der Waals surface area contributed by atoms with E-state index in [0.29, 0.717) is 42.6 Å². The fourth-order valence-corrected chi connectivity index (χ4v) is 2.91. The highest BCUT2D eigenvalue weighted by atomic mass is 16.5. The Balaban J connectivity index is 1.93. The second-order valence-corrected chi connectivity index (χ2v) is 5.71. The number of carbonyl (C=O) groups is 1. The van der Waals surface area contributed by atoms with Crippen molar-refractivity contribution in [3.63, 3.8) is 0 Å². The first-order chi connectivity index (χ1) is 11.1. The van der Waals surface area contributed by atoms with Gasteiger partial charge >= 0.3 is 5.97 Å². The van der Waals surface area contributed by atoms with E-state index in [1.165, 1.54) is 7.11 Å². The third-order valence-electron chi connectivity index (χ3n) is 4.07. The second kappa shape index (κ2) is 5.96. The fraction of sp³-hybridized carbons (Fsp3) is 0.467. The molecule has 0 aliphatic carbocycles. The number of aliphatic carboxylic acids is 1. The normalized spacial score (nSPS) is 20.9. The third kappa shape index (κ3) is 2.77. The Hall–Kier alpha value is -2.48. The molecule has 0 amide bonds. The van der Waals surface area contributed by atoms with Crippen molar-refractivity contribution in [2.45, 2.75) is 13.3 Å². The summed E-state index contributed by atoms with van der Waals surface area (Å²) in [6.45, 7) is 2.81. The average molecular weight is 318 g/mol. The molecule has 3 rings (SSSR count). The quantitative estimate of drug-likeness (QED) is 0.882. The van der Waals surface area contributed by atoms with Gasteiger partial charge in [0.15, 0.2) is 5.82 Å². The van der Waals surface area contributed by atoms with Crippen LogP contribution >= 0.6 is 0 Å². The molecule has 0 radical (unpaired) electrons. The van der Waals surface area contributed by atoms with E-state index < -0.39 is 11.4 Å². The first-order valence-electron chi connectivity index (χ1n) is 7.29. The van der Waals surface area contributed by atoms with Crippen molar-refractivity contribution >= 4 is 11.8 Å². The highest BCUT2D eigenvalue weighted by molar-refractivity contribution is 5.78. The third-order valence-corrected chi connectivity index (χ3v) is 4.07. The number of hydrogen-bond donors (Lipinski definition) is 1. The fourth-order valence-electron chi connectivity index (χ4n) is 2.91. The number of rotatable bonds is 5. The van der Waals surface area contributed by atoms with Gasteiger partial charge in [-0.05, 0) is 25.5 Å². The summed E-state index contributed by atoms with van der Waals surface area (Å²) in [4.78, 5) is 22.2. The number of pyridine rings is 1. The van der Waals surface area contributed by atoms with Crippen LogP contribution in [-0.2, 0) is 9.53 Å². The van der Waals surface area contributed by atoms with Crippen LogP contribution in [0.15, 0.2) is 22.9 Å². The lowest BCUT2D eigenvalue weighted by atomic mass is 9.88. The van der Waals surface area contributed by atoms with Crippen molar-refractivity contribution in [3.8, 4) is 11.5 Å². The van der Waals surface area contributed by atoms with Crippen LogP contribution in [0.1, 0.15) is 12.2 Å². The smallest absolute Gasteiger partial charge is 0.313 e. The summed E-state index contributed by atoms with van der Waals surface area (Å²) in [5.74, 6) is 0.712. The molecule has 0 spiro atoms. The maximum absolute atomic E-state index is 11.7. The summed E-state index contributed by atoms with van der Waals surface area (Å²) < 4.78 is 10.4. The van der Waals surface area contributed by atoms with Gasteiger partial charge in [-0.15, -0.1) is 0 Å². The summed E-state index contributed by atoms with van der Waals surface area (Å²) in [7, 11) is 1.51. The van der Waals surface area contributed by atoms with Gasteiger partial charge in [-0.2, -0.15) is 4.98 Å². The minimum absolute atomic E-state index is 0.167. The Kier molecular flexibility index (Phi) is 3.99. The van der Waals surface area contributed by atoms with E-state index in [1.807, 2.05) is 11.0 Å². The van der Waals surface area contributed by atoms with Crippen molar-refractivity contribution in [3.05, 3.63) is 24.2 Å². The highest BCUT2D eigenvalue weighted by Gasteiger charge is 2.46. The number of aryl methyl sites for hydroxylation is 1. The molecule has 2 aromatic rings. The Bertz CT molecular complexity index is 717. The van der Waals surface area contributed by atoms with Gasteiger partial charge in [0.2, 0.25) is 0 Å². The number of nitrogens with zero attached hydrogens (tertiary/aromatic N) is 4. The summed E-state index contributed by atoms with van der Waals surface area (Å²) in [5.41, 5.74) is -0.222. The molecule has 8 heteroatoms. The highest BCUT2D eigenvalue weighted by Crippen LogP contribution is 2.37. The van der Waals surface area contributed by atoms with Crippen LogP contribution in [0.4, 0.5) is 5.82 Å². The van der Waals surface area contributed by atoms with Crippen LogP contribution in [0, 0.1) is 12.3 Å². The van der Waals surface area contributed by atoms with Crippen LogP contribution in [0.3, 0.4) is 0 Å². The minimum atomic E-state index is -0.922. The van der Waals surface area contributed by atoms with Crippen molar-refractivity contribution in [1.29, 1.82) is 0 Å². The van der Waals surface area contributed by atoms with Crippen molar-refractivity contribution < 1.29 is 19.2 Å². The van der Waals surface area contributed by atoms with Gasteiger partial charge in [-0.25, -0.2) is 4.98 Å².